The number of carbonyl (C=O) groups is 3. The number of ether oxygens (including phenoxy) is 3. The van der Waals surface area contributed by atoms with Gasteiger partial charge in [-0.3, -0.25) is 9.59 Å². The molecule has 2 amide bonds. The number of nitrogens with zero attached hydrogens (tertiary/aromatic N) is 1. The van der Waals surface area contributed by atoms with Crippen LogP contribution in [-0.4, -0.2) is 44.8 Å². The third kappa shape index (κ3) is 8.18. The molecule has 0 atom stereocenters. The van der Waals surface area contributed by atoms with Crippen LogP contribution >= 0.6 is 15.9 Å². The molecular weight excluding hydrogens is 542 g/mol. The highest BCUT2D eigenvalue weighted by molar-refractivity contribution is 9.10. The van der Waals surface area contributed by atoms with Crippen LogP contribution in [0.15, 0.2) is 76.3 Å². The van der Waals surface area contributed by atoms with E-state index in [1.54, 1.807) is 60.7 Å². The Morgan fingerprint density at radius 1 is 0.946 bits per heavy atom. The first kappa shape index (κ1) is 27.4. The number of hydrazone groups is 1. The molecule has 9 nitrogen and oxygen atoms in total. The number of esters is 1. The first-order valence-corrected chi connectivity index (χ1v) is 12.1. The molecule has 0 unspecified atom stereocenters. The van der Waals surface area contributed by atoms with Gasteiger partial charge in [0.2, 0.25) is 5.91 Å². The van der Waals surface area contributed by atoms with E-state index in [2.05, 4.69) is 31.8 Å². The second kappa shape index (κ2) is 13.8. The Bertz CT molecular complexity index is 1290. The van der Waals surface area contributed by atoms with E-state index >= 15 is 0 Å². The minimum atomic E-state index is -0.493. The number of hydrogen-bond acceptors (Lipinski definition) is 7. The van der Waals surface area contributed by atoms with Crippen LogP contribution in [0.25, 0.3) is 0 Å². The molecule has 0 heterocycles. The lowest BCUT2D eigenvalue weighted by molar-refractivity contribution is -0.121. The molecule has 3 rings (SSSR count). The van der Waals surface area contributed by atoms with Crippen molar-refractivity contribution in [1.82, 2.24) is 10.7 Å². The zero-order chi connectivity index (χ0) is 26.6. The molecule has 0 aliphatic rings. The molecule has 0 saturated carbocycles. The summed E-state index contributed by atoms with van der Waals surface area (Å²) < 4.78 is 16.4. The van der Waals surface area contributed by atoms with Crippen LogP contribution in [-0.2, 0) is 4.79 Å². The summed E-state index contributed by atoms with van der Waals surface area (Å²) in [7, 11) is 3.02. The van der Waals surface area contributed by atoms with E-state index in [4.69, 9.17) is 14.2 Å². The van der Waals surface area contributed by atoms with Crippen molar-refractivity contribution in [2.75, 3.05) is 20.8 Å². The Morgan fingerprint density at radius 2 is 1.73 bits per heavy atom. The lowest BCUT2D eigenvalue weighted by atomic mass is 10.2. The van der Waals surface area contributed by atoms with E-state index in [0.717, 1.165) is 0 Å². The van der Waals surface area contributed by atoms with E-state index in [1.807, 2.05) is 6.07 Å². The van der Waals surface area contributed by atoms with Crippen LogP contribution in [0.3, 0.4) is 0 Å². The van der Waals surface area contributed by atoms with Gasteiger partial charge in [0.1, 0.15) is 5.75 Å². The third-order valence-electron chi connectivity index (χ3n) is 5.08. The maximum absolute atomic E-state index is 12.4. The molecule has 0 aliphatic carbocycles. The molecule has 0 aromatic heterocycles. The minimum Gasteiger partial charge on any atom is -0.493 e. The molecule has 37 heavy (non-hydrogen) atoms. The first-order chi connectivity index (χ1) is 17.9. The summed E-state index contributed by atoms with van der Waals surface area (Å²) in [6.45, 7) is 0.315. The lowest BCUT2D eigenvalue weighted by Gasteiger charge is -2.10. The van der Waals surface area contributed by atoms with Crippen molar-refractivity contribution < 1.29 is 28.6 Å². The van der Waals surface area contributed by atoms with Gasteiger partial charge in [-0.15, -0.1) is 0 Å². The molecule has 0 saturated heterocycles. The Hall–Kier alpha value is -4.18. The van der Waals surface area contributed by atoms with Gasteiger partial charge in [0.05, 0.1) is 26.0 Å². The van der Waals surface area contributed by atoms with Gasteiger partial charge >= 0.3 is 5.97 Å². The molecule has 3 aromatic rings. The van der Waals surface area contributed by atoms with E-state index in [1.165, 1.54) is 20.4 Å². The SMILES string of the molecule is COc1ccc(C(=O)NCCCC(=O)NN=Cc2cccc(OC(=O)c3ccccc3Br)c2)cc1OC. The molecule has 10 heteroatoms. The van der Waals surface area contributed by atoms with Crippen molar-refractivity contribution in [2.45, 2.75) is 12.8 Å². The van der Waals surface area contributed by atoms with Crippen molar-refractivity contribution >= 4 is 39.9 Å². The fourth-order valence-corrected chi connectivity index (χ4v) is 3.66. The number of halogens is 1. The smallest absolute Gasteiger partial charge is 0.344 e. The summed E-state index contributed by atoms with van der Waals surface area (Å²) in [4.78, 5) is 36.7. The molecule has 0 fully saturated rings. The zero-order valence-corrected chi connectivity index (χ0v) is 21.9. The summed E-state index contributed by atoms with van der Waals surface area (Å²) in [5, 5.41) is 6.71. The predicted octanol–water partition coefficient (Wildman–Crippen LogP) is 4.35. The fourth-order valence-electron chi connectivity index (χ4n) is 3.21. The molecule has 192 valence electrons. The Labute approximate surface area is 222 Å². The number of carbonyl (C=O) groups excluding carboxylic acids is 3. The number of nitrogens with one attached hydrogen (secondary N) is 2. The molecule has 0 radical (unpaired) electrons. The number of hydrogen-bond donors (Lipinski definition) is 2. The second-order valence-corrected chi connectivity index (χ2v) is 8.52. The standard InChI is InChI=1S/C27H26BrN3O6/c1-35-23-13-12-19(16-24(23)36-2)26(33)29-14-6-11-25(32)31-30-17-18-7-5-8-20(15-18)37-27(34)21-9-3-4-10-22(21)28/h3-5,7-10,12-13,15-17H,6,11,14H2,1-2H3,(H,29,33)(H,31,32). The summed E-state index contributed by atoms with van der Waals surface area (Å²) in [6, 6.07) is 18.6. The number of rotatable bonds is 11. The van der Waals surface area contributed by atoms with Crippen molar-refractivity contribution in [1.29, 1.82) is 0 Å². The average Bonchev–Trinajstić information content (AvgIpc) is 2.91. The first-order valence-electron chi connectivity index (χ1n) is 11.3. The normalized spacial score (nSPS) is 10.6. The molecule has 0 aliphatic heterocycles. The fraction of sp³-hybridized carbons (Fsp3) is 0.185. The number of methoxy groups -OCH3 is 2. The Balaban J connectivity index is 1.42. The van der Waals surface area contributed by atoms with Gasteiger partial charge in [0, 0.05) is 23.0 Å². The van der Waals surface area contributed by atoms with Crippen molar-refractivity contribution in [3.63, 3.8) is 0 Å². The van der Waals surface area contributed by atoms with Gasteiger partial charge in [-0.25, -0.2) is 10.2 Å². The van der Waals surface area contributed by atoms with Crippen molar-refractivity contribution in [2.24, 2.45) is 5.10 Å². The van der Waals surface area contributed by atoms with Gasteiger partial charge in [-0.1, -0.05) is 24.3 Å². The molecule has 3 aromatic carbocycles. The lowest BCUT2D eigenvalue weighted by Crippen LogP contribution is -2.26. The third-order valence-corrected chi connectivity index (χ3v) is 5.77. The summed E-state index contributed by atoms with van der Waals surface area (Å²) in [5.41, 5.74) is 3.92. The number of benzene rings is 3. The van der Waals surface area contributed by atoms with E-state index in [9.17, 15) is 14.4 Å². The van der Waals surface area contributed by atoms with Crippen molar-refractivity contribution in [3.05, 3.63) is 87.9 Å². The molecule has 0 bridgehead atoms. The van der Waals surface area contributed by atoms with E-state index in [0.29, 0.717) is 51.4 Å². The highest BCUT2D eigenvalue weighted by Crippen LogP contribution is 2.27. The average molecular weight is 568 g/mol. The van der Waals surface area contributed by atoms with Gasteiger partial charge < -0.3 is 19.5 Å². The maximum atomic E-state index is 12.4. The predicted molar refractivity (Wildman–Crippen MR) is 142 cm³/mol. The van der Waals surface area contributed by atoms with Gasteiger partial charge in [0.25, 0.3) is 5.91 Å². The van der Waals surface area contributed by atoms with Crippen LogP contribution in [0.1, 0.15) is 39.1 Å². The summed E-state index contributed by atoms with van der Waals surface area (Å²) in [6.07, 6.45) is 2.06. The minimum absolute atomic E-state index is 0.174. The molecule has 2 N–H and O–H groups in total. The zero-order valence-electron chi connectivity index (χ0n) is 20.3. The molecule has 0 spiro atoms. The van der Waals surface area contributed by atoms with Crippen LogP contribution in [0.2, 0.25) is 0 Å². The Morgan fingerprint density at radius 3 is 2.49 bits per heavy atom. The summed E-state index contributed by atoms with van der Waals surface area (Å²) >= 11 is 3.33. The topological polar surface area (TPSA) is 115 Å². The van der Waals surface area contributed by atoms with Crippen LogP contribution in [0.5, 0.6) is 17.2 Å². The molecular formula is C27H26BrN3O6. The highest BCUT2D eigenvalue weighted by atomic mass is 79.9. The quantitative estimate of drug-likeness (QED) is 0.117. The second-order valence-electron chi connectivity index (χ2n) is 7.66. The van der Waals surface area contributed by atoms with E-state index < -0.39 is 5.97 Å². The highest BCUT2D eigenvalue weighted by Gasteiger charge is 2.12. The van der Waals surface area contributed by atoms with Crippen LogP contribution in [0, 0.1) is 0 Å². The van der Waals surface area contributed by atoms with Gasteiger partial charge in [-0.2, -0.15) is 5.10 Å². The monoisotopic (exact) mass is 567 g/mol. The van der Waals surface area contributed by atoms with Gasteiger partial charge in [-0.05, 0) is 70.4 Å². The van der Waals surface area contributed by atoms with Crippen molar-refractivity contribution in [3.8, 4) is 17.2 Å². The van der Waals surface area contributed by atoms with Gasteiger partial charge in [0.15, 0.2) is 11.5 Å². The summed E-state index contributed by atoms with van der Waals surface area (Å²) in [5.74, 6) is 0.270. The van der Waals surface area contributed by atoms with E-state index in [-0.39, 0.29) is 18.2 Å². The van der Waals surface area contributed by atoms with Crippen LogP contribution < -0.4 is 25.0 Å². The maximum Gasteiger partial charge on any atom is 0.344 e. The van der Waals surface area contributed by atoms with Crippen LogP contribution in [0.4, 0.5) is 0 Å². The Kier molecular flexibility index (Phi) is 10.2. The largest absolute Gasteiger partial charge is 0.493 e. The number of amides is 2.